The Balaban J connectivity index is 1.39. The van der Waals surface area contributed by atoms with Crippen LogP contribution in [0.1, 0.15) is 0 Å². The Morgan fingerprint density at radius 1 is 1.04 bits per heavy atom. The van der Waals surface area contributed by atoms with Crippen molar-refractivity contribution in [2.45, 2.75) is 0 Å². The van der Waals surface area contributed by atoms with E-state index in [2.05, 4.69) is 16.8 Å². The lowest BCUT2D eigenvalue weighted by molar-refractivity contribution is 0.0778. The number of rotatable bonds is 4. The van der Waals surface area contributed by atoms with Gasteiger partial charge in [0.05, 0.1) is 5.69 Å². The van der Waals surface area contributed by atoms with Gasteiger partial charge in [-0.3, -0.25) is 4.90 Å². The van der Waals surface area contributed by atoms with E-state index in [9.17, 15) is 13.6 Å². The van der Waals surface area contributed by atoms with Crippen LogP contribution in [0.4, 0.5) is 19.3 Å². The summed E-state index contributed by atoms with van der Waals surface area (Å²) in [6, 6.07) is 3.57. The molecule has 0 aliphatic carbocycles. The molecule has 0 atom stereocenters. The van der Waals surface area contributed by atoms with E-state index in [1.807, 2.05) is 4.90 Å². The van der Waals surface area contributed by atoms with Crippen molar-refractivity contribution in [3.8, 4) is 0 Å². The number of likely N-dealkylation sites (N-methyl/N-ethyl adjacent to an activating group) is 1. The summed E-state index contributed by atoms with van der Waals surface area (Å²) in [4.78, 5) is 20.2. The van der Waals surface area contributed by atoms with Gasteiger partial charge in [-0.2, -0.15) is 0 Å². The van der Waals surface area contributed by atoms with Crippen LogP contribution < -0.4 is 4.90 Å². The number of carbonyl (C=O) groups is 1. The summed E-state index contributed by atoms with van der Waals surface area (Å²) in [5.41, 5.74) is 0.370. The van der Waals surface area contributed by atoms with Crippen molar-refractivity contribution in [2.75, 3.05) is 77.5 Å². The Morgan fingerprint density at radius 2 is 1.73 bits per heavy atom. The molecule has 26 heavy (non-hydrogen) atoms. The maximum atomic E-state index is 13.9. The van der Waals surface area contributed by atoms with Gasteiger partial charge in [0, 0.05) is 65.0 Å². The summed E-state index contributed by atoms with van der Waals surface area (Å²) >= 11 is 0. The summed E-state index contributed by atoms with van der Waals surface area (Å²) in [6.45, 7) is 7.12. The fourth-order valence-corrected chi connectivity index (χ4v) is 3.29. The molecular weight excluding hydrogens is 342 g/mol. The van der Waals surface area contributed by atoms with E-state index in [1.165, 1.54) is 12.1 Å². The van der Waals surface area contributed by atoms with Crippen molar-refractivity contribution in [2.24, 2.45) is 0 Å². The van der Waals surface area contributed by atoms with Crippen LogP contribution in [0.25, 0.3) is 0 Å². The van der Waals surface area contributed by atoms with Crippen LogP contribution in [0.3, 0.4) is 0 Å². The Labute approximate surface area is 152 Å². The molecule has 2 fully saturated rings. The highest BCUT2D eigenvalue weighted by atomic mass is 19.1. The number of benzene rings is 1. The molecule has 2 aliphatic heterocycles. The van der Waals surface area contributed by atoms with Crippen molar-refractivity contribution in [3.63, 3.8) is 0 Å². The maximum Gasteiger partial charge on any atom is 0.409 e. The Kier molecular flexibility index (Phi) is 6.26. The molecule has 3 rings (SSSR count). The lowest BCUT2D eigenvalue weighted by Gasteiger charge is -2.36. The summed E-state index contributed by atoms with van der Waals surface area (Å²) in [7, 11) is 2.11. The molecule has 0 spiro atoms. The highest BCUT2D eigenvalue weighted by Gasteiger charge is 2.24. The highest BCUT2D eigenvalue weighted by Crippen LogP contribution is 2.21. The molecule has 144 valence electrons. The minimum absolute atomic E-state index is 0.321. The fourth-order valence-electron chi connectivity index (χ4n) is 3.29. The third-order valence-electron chi connectivity index (χ3n) is 5.02. The number of nitrogens with zero attached hydrogens (tertiary/aromatic N) is 4. The minimum atomic E-state index is -0.589. The smallest absolute Gasteiger partial charge is 0.409 e. The molecule has 0 N–H and O–H groups in total. The van der Waals surface area contributed by atoms with Gasteiger partial charge in [0.2, 0.25) is 0 Å². The van der Waals surface area contributed by atoms with Gasteiger partial charge in [0.15, 0.2) is 0 Å². The van der Waals surface area contributed by atoms with Crippen molar-refractivity contribution in [3.05, 3.63) is 29.8 Å². The molecule has 1 aromatic carbocycles. The predicted octanol–water partition coefficient (Wildman–Crippen LogP) is 1.47. The second-order valence-electron chi connectivity index (χ2n) is 6.83. The lowest BCUT2D eigenvalue weighted by Crippen LogP contribution is -2.50. The fraction of sp³-hybridized carbons (Fsp3) is 0.611. The van der Waals surface area contributed by atoms with Gasteiger partial charge in [0.25, 0.3) is 0 Å². The van der Waals surface area contributed by atoms with Gasteiger partial charge >= 0.3 is 6.09 Å². The van der Waals surface area contributed by atoms with E-state index < -0.39 is 11.6 Å². The first-order chi connectivity index (χ1) is 12.5. The Hall–Kier alpha value is -1.93. The number of anilines is 1. The first-order valence-electron chi connectivity index (χ1n) is 9.05. The summed E-state index contributed by atoms with van der Waals surface area (Å²) in [6.07, 6.45) is -0.321. The number of amides is 1. The number of hydrogen-bond donors (Lipinski definition) is 0. The summed E-state index contributed by atoms with van der Waals surface area (Å²) in [5, 5.41) is 0. The van der Waals surface area contributed by atoms with Crippen molar-refractivity contribution in [1.82, 2.24) is 14.7 Å². The number of ether oxygens (including phenoxy) is 1. The SMILES string of the molecule is CN1CCN(CCOC(=O)N2CCN(c3ccc(F)cc3F)CC2)CC1. The van der Waals surface area contributed by atoms with Gasteiger partial charge in [0.1, 0.15) is 18.2 Å². The van der Waals surface area contributed by atoms with E-state index in [0.29, 0.717) is 38.5 Å². The second kappa shape index (κ2) is 8.64. The Morgan fingerprint density at radius 3 is 2.38 bits per heavy atom. The molecular formula is C18H26F2N4O2. The van der Waals surface area contributed by atoms with Crippen molar-refractivity contribution < 1.29 is 18.3 Å². The zero-order valence-electron chi connectivity index (χ0n) is 15.2. The first kappa shape index (κ1) is 18.8. The normalized spacial score (nSPS) is 19.7. The van der Waals surface area contributed by atoms with E-state index in [4.69, 9.17) is 4.74 Å². The third kappa shape index (κ3) is 4.82. The van der Waals surface area contributed by atoms with E-state index in [0.717, 1.165) is 38.8 Å². The molecule has 0 unspecified atom stereocenters. The topological polar surface area (TPSA) is 39.3 Å². The summed E-state index contributed by atoms with van der Waals surface area (Å²) < 4.78 is 32.3. The van der Waals surface area contributed by atoms with Crippen LogP contribution in [0.5, 0.6) is 0 Å². The number of carbonyl (C=O) groups excluding carboxylic acids is 1. The van der Waals surface area contributed by atoms with Gasteiger partial charge in [-0.05, 0) is 19.2 Å². The highest BCUT2D eigenvalue weighted by molar-refractivity contribution is 5.68. The molecule has 2 heterocycles. The van der Waals surface area contributed by atoms with Crippen LogP contribution in [0, 0.1) is 11.6 Å². The van der Waals surface area contributed by atoms with Gasteiger partial charge in [-0.25, -0.2) is 13.6 Å². The van der Waals surface area contributed by atoms with Crippen molar-refractivity contribution >= 4 is 11.8 Å². The zero-order chi connectivity index (χ0) is 18.5. The van der Waals surface area contributed by atoms with E-state index >= 15 is 0 Å². The molecule has 0 aromatic heterocycles. The van der Waals surface area contributed by atoms with Crippen LogP contribution >= 0.6 is 0 Å². The van der Waals surface area contributed by atoms with Gasteiger partial charge in [-0.15, -0.1) is 0 Å². The molecule has 0 bridgehead atoms. The molecule has 1 aromatic rings. The van der Waals surface area contributed by atoms with Crippen LogP contribution in [-0.2, 0) is 4.74 Å². The number of hydrogen-bond acceptors (Lipinski definition) is 5. The largest absolute Gasteiger partial charge is 0.448 e. The molecule has 2 aliphatic rings. The van der Waals surface area contributed by atoms with Gasteiger partial charge in [-0.1, -0.05) is 0 Å². The molecule has 6 nitrogen and oxygen atoms in total. The van der Waals surface area contributed by atoms with Gasteiger partial charge < -0.3 is 19.4 Å². The lowest BCUT2D eigenvalue weighted by atomic mass is 10.2. The second-order valence-corrected chi connectivity index (χ2v) is 6.83. The van der Waals surface area contributed by atoms with Crippen molar-refractivity contribution in [1.29, 1.82) is 0 Å². The average Bonchev–Trinajstić information content (AvgIpc) is 2.63. The quantitative estimate of drug-likeness (QED) is 0.805. The molecule has 0 radical (unpaired) electrons. The zero-order valence-corrected chi connectivity index (χ0v) is 15.2. The van der Waals surface area contributed by atoms with Crippen LogP contribution in [-0.4, -0.2) is 93.4 Å². The monoisotopic (exact) mass is 368 g/mol. The average molecular weight is 368 g/mol. The first-order valence-corrected chi connectivity index (χ1v) is 9.05. The van der Waals surface area contributed by atoms with Crippen LogP contribution in [0.2, 0.25) is 0 Å². The molecule has 1 amide bonds. The molecule has 2 saturated heterocycles. The Bertz CT molecular complexity index is 615. The molecule has 8 heteroatoms. The standard InChI is InChI=1S/C18H26F2N4O2/c1-21-4-6-22(7-5-21)12-13-26-18(25)24-10-8-23(9-11-24)17-3-2-15(19)14-16(17)20/h2-3,14H,4-13H2,1H3. The number of halogens is 2. The van der Waals surface area contributed by atoms with E-state index in [1.54, 1.807) is 4.90 Å². The minimum Gasteiger partial charge on any atom is -0.448 e. The third-order valence-corrected chi connectivity index (χ3v) is 5.02. The maximum absolute atomic E-state index is 13.9. The number of piperazine rings is 2. The molecule has 0 saturated carbocycles. The summed E-state index contributed by atoms with van der Waals surface area (Å²) in [5.74, 6) is -1.16. The van der Waals surface area contributed by atoms with Crippen LogP contribution in [0.15, 0.2) is 18.2 Å². The van der Waals surface area contributed by atoms with E-state index in [-0.39, 0.29) is 6.09 Å². The predicted molar refractivity (Wildman–Crippen MR) is 95.4 cm³/mol.